The zero-order chi connectivity index (χ0) is 22.4. The highest BCUT2D eigenvalue weighted by Gasteiger charge is 2.29. The van der Waals surface area contributed by atoms with Crippen molar-refractivity contribution in [2.75, 3.05) is 24.5 Å². The standard InChI is InChI=1S/C23H22FN3O5.BrH/c24-17-9-16-19(27(14-3-4-14)12-21(22(16)29)32-23(30)31)10-20(17)26-8-7-25-18(11-26)13-1-5-15(28)6-2-13;/h1-2,5-6,9-10,12,14,18,25,28H,3-4,7-8,11H2,(H,30,31);1H. The number of carbonyl (C=O) groups is 1. The van der Waals surface area contributed by atoms with Crippen LogP contribution in [0.25, 0.3) is 10.9 Å². The quantitative estimate of drug-likeness (QED) is 0.448. The maximum absolute atomic E-state index is 15.2. The van der Waals surface area contributed by atoms with Gasteiger partial charge in [0.25, 0.3) is 0 Å². The van der Waals surface area contributed by atoms with E-state index in [1.165, 1.54) is 12.3 Å². The molecule has 3 aromatic rings. The first-order valence-electron chi connectivity index (χ1n) is 10.5. The van der Waals surface area contributed by atoms with Gasteiger partial charge in [0.15, 0.2) is 5.75 Å². The molecule has 0 amide bonds. The van der Waals surface area contributed by atoms with Crippen molar-refractivity contribution in [1.29, 1.82) is 0 Å². The molecule has 5 rings (SSSR count). The fourth-order valence-corrected chi connectivity index (χ4v) is 4.30. The predicted octanol–water partition coefficient (Wildman–Crippen LogP) is 3.97. The lowest BCUT2D eigenvalue weighted by atomic mass is 10.0. The second kappa shape index (κ2) is 9.03. The molecule has 174 valence electrons. The number of aromatic hydroxyl groups is 1. The third-order valence-corrected chi connectivity index (χ3v) is 6.02. The summed E-state index contributed by atoms with van der Waals surface area (Å²) in [6.45, 7) is 1.75. The van der Waals surface area contributed by atoms with Gasteiger partial charge in [-0.3, -0.25) is 4.79 Å². The van der Waals surface area contributed by atoms with Gasteiger partial charge in [0.2, 0.25) is 5.43 Å². The molecule has 0 bridgehead atoms. The first-order chi connectivity index (χ1) is 15.4. The number of phenols is 1. The molecule has 1 aliphatic heterocycles. The van der Waals surface area contributed by atoms with Gasteiger partial charge >= 0.3 is 6.16 Å². The van der Waals surface area contributed by atoms with E-state index in [9.17, 15) is 14.7 Å². The molecule has 3 N–H and O–H groups in total. The van der Waals surface area contributed by atoms with Gasteiger partial charge in [-0.2, -0.15) is 0 Å². The maximum atomic E-state index is 15.2. The average molecular weight is 520 g/mol. The molecule has 0 spiro atoms. The summed E-state index contributed by atoms with van der Waals surface area (Å²) in [6, 6.07) is 9.85. The van der Waals surface area contributed by atoms with E-state index in [4.69, 9.17) is 5.11 Å². The summed E-state index contributed by atoms with van der Waals surface area (Å²) in [5.41, 5.74) is 1.29. The molecular formula is C23H23BrFN3O5. The zero-order valence-electron chi connectivity index (χ0n) is 17.5. The molecule has 1 unspecified atom stereocenters. The minimum atomic E-state index is -1.58. The molecule has 2 heterocycles. The van der Waals surface area contributed by atoms with E-state index in [0.717, 1.165) is 18.4 Å². The molecule has 2 aromatic carbocycles. The average Bonchev–Trinajstić information content (AvgIpc) is 3.61. The van der Waals surface area contributed by atoms with Crippen LogP contribution in [0.15, 0.2) is 47.4 Å². The molecule has 1 atom stereocenters. The van der Waals surface area contributed by atoms with E-state index >= 15 is 4.39 Å². The van der Waals surface area contributed by atoms with Gasteiger partial charge in [0.1, 0.15) is 11.6 Å². The molecule has 1 saturated heterocycles. The highest BCUT2D eigenvalue weighted by Crippen LogP contribution is 2.39. The second-order valence-corrected chi connectivity index (χ2v) is 8.19. The minimum Gasteiger partial charge on any atom is -0.508 e. The normalized spacial score (nSPS) is 18.1. The van der Waals surface area contributed by atoms with Gasteiger partial charge in [-0.05, 0) is 42.7 Å². The fraction of sp³-hybridized carbons (Fsp3) is 0.304. The SMILES string of the molecule is Br.O=C(O)Oc1cn(C2CC2)c2cc(N3CCNC(c4ccc(O)cc4)C3)c(F)cc2c1=O. The number of pyridine rings is 1. The highest BCUT2D eigenvalue weighted by molar-refractivity contribution is 8.93. The van der Waals surface area contributed by atoms with E-state index in [-0.39, 0.29) is 46.0 Å². The summed E-state index contributed by atoms with van der Waals surface area (Å²) in [5.74, 6) is -0.680. The third-order valence-electron chi connectivity index (χ3n) is 6.02. The van der Waals surface area contributed by atoms with Gasteiger partial charge in [-0.25, -0.2) is 9.18 Å². The smallest absolute Gasteiger partial charge is 0.508 e. The molecule has 0 radical (unpaired) electrons. The number of anilines is 1. The van der Waals surface area contributed by atoms with Crippen molar-refractivity contribution >= 4 is 39.7 Å². The van der Waals surface area contributed by atoms with E-state index < -0.39 is 17.4 Å². The van der Waals surface area contributed by atoms with Crippen molar-refractivity contribution < 1.29 is 24.1 Å². The number of halogens is 2. The predicted molar refractivity (Wildman–Crippen MR) is 126 cm³/mol. The number of hydrogen-bond acceptors (Lipinski definition) is 6. The Morgan fingerprint density at radius 3 is 2.58 bits per heavy atom. The van der Waals surface area contributed by atoms with Gasteiger partial charge < -0.3 is 29.7 Å². The van der Waals surface area contributed by atoms with Crippen LogP contribution in [0.4, 0.5) is 14.9 Å². The van der Waals surface area contributed by atoms with Gasteiger partial charge in [0.05, 0.1) is 22.8 Å². The van der Waals surface area contributed by atoms with Crippen molar-refractivity contribution in [2.45, 2.75) is 24.9 Å². The number of nitrogens with one attached hydrogen (secondary N) is 1. The molecule has 2 aliphatic rings. The van der Waals surface area contributed by atoms with E-state index in [1.807, 2.05) is 21.6 Å². The number of ether oxygens (including phenoxy) is 1. The molecule has 8 nitrogen and oxygen atoms in total. The first-order valence-corrected chi connectivity index (χ1v) is 10.5. The zero-order valence-corrected chi connectivity index (χ0v) is 19.2. The molecule has 2 fully saturated rings. The lowest BCUT2D eigenvalue weighted by Gasteiger charge is -2.36. The summed E-state index contributed by atoms with van der Waals surface area (Å²) >= 11 is 0. The van der Waals surface area contributed by atoms with Crippen molar-refractivity contribution in [3.8, 4) is 11.5 Å². The lowest BCUT2D eigenvalue weighted by Crippen LogP contribution is -2.46. The number of nitrogens with zero attached hydrogens (tertiary/aromatic N) is 2. The molecule has 1 saturated carbocycles. The van der Waals surface area contributed by atoms with Crippen LogP contribution in [0, 0.1) is 5.82 Å². The number of piperazine rings is 1. The van der Waals surface area contributed by atoms with Crippen LogP contribution in [-0.4, -0.2) is 40.6 Å². The highest BCUT2D eigenvalue weighted by atomic mass is 79.9. The fourth-order valence-electron chi connectivity index (χ4n) is 4.30. The Morgan fingerprint density at radius 1 is 1.18 bits per heavy atom. The van der Waals surface area contributed by atoms with E-state index in [0.29, 0.717) is 30.8 Å². The molecule has 10 heteroatoms. The molecule has 33 heavy (non-hydrogen) atoms. The van der Waals surface area contributed by atoms with Crippen molar-refractivity contribution in [2.24, 2.45) is 0 Å². The minimum absolute atomic E-state index is 0. The van der Waals surface area contributed by atoms with Crippen LogP contribution < -0.4 is 20.4 Å². The molecular weight excluding hydrogens is 497 g/mol. The summed E-state index contributed by atoms with van der Waals surface area (Å²) in [7, 11) is 0. The Bertz CT molecular complexity index is 1260. The number of hydrogen-bond donors (Lipinski definition) is 3. The van der Waals surface area contributed by atoms with Crippen molar-refractivity contribution in [3.05, 3.63) is 64.2 Å². The maximum Gasteiger partial charge on any atom is 0.511 e. The first kappa shape index (κ1) is 23.1. The number of rotatable bonds is 4. The van der Waals surface area contributed by atoms with Crippen molar-refractivity contribution in [3.63, 3.8) is 0 Å². The topological polar surface area (TPSA) is 104 Å². The second-order valence-electron chi connectivity index (χ2n) is 8.19. The number of phenolic OH excluding ortho intramolecular Hbond substituents is 1. The number of carboxylic acid groups (broad SMARTS) is 1. The van der Waals surface area contributed by atoms with Crippen LogP contribution >= 0.6 is 17.0 Å². The van der Waals surface area contributed by atoms with E-state index in [2.05, 4.69) is 10.1 Å². The number of aromatic nitrogens is 1. The summed E-state index contributed by atoms with van der Waals surface area (Å²) in [4.78, 5) is 25.7. The molecule has 1 aliphatic carbocycles. The number of benzene rings is 2. The Labute approximate surface area is 199 Å². The van der Waals surface area contributed by atoms with Crippen LogP contribution in [-0.2, 0) is 0 Å². The lowest BCUT2D eigenvalue weighted by molar-refractivity contribution is 0.143. The summed E-state index contributed by atoms with van der Waals surface area (Å²) in [6.07, 6.45) is 1.62. The van der Waals surface area contributed by atoms with Crippen molar-refractivity contribution in [1.82, 2.24) is 9.88 Å². The Morgan fingerprint density at radius 2 is 1.91 bits per heavy atom. The summed E-state index contributed by atoms with van der Waals surface area (Å²) in [5, 5.41) is 22.0. The van der Waals surface area contributed by atoms with Crippen LogP contribution in [0.2, 0.25) is 0 Å². The van der Waals surface area contributed by atoms with Gasteiger partial charge in [0, 0.05) is 31.7 Å². The summed E-state index contributed by atoms with van der Waals surface area (Å²) < 4.78 is 21.7. The third kappa shape index (κ3) is 4.53. The Hall–Kier alpha value is -3.11. The van der Waals surface area contributed by atoms with Gasteiger partial charge in [-0.1, -0.05) is 12.1 Å². The van der Waals surface area contributed by atoms with Gasteiger partial charge in [-0.15, -0.1) is 17.0 Å². The largest absolute Gasteiger partial charge is 0.511 e. The van der Waals surface area contributed by atoms with E-state index in [1.54, 1.807) is 18.2 Å². The van der Waals surface area contributed by atoms with Crippen LogP contribution in [0.1, 0.15) is 30.5 Å². The number of fused-ring (bicyclic) bond motifs is 1. The molecule has 1 aromatic heterocycles. The van der Waals surface area contributed by atoms with Crippen LogP contribution in [0.3, 0.4) is 0 Å². The Balaban J connectivity index is 0.00000259. The van der Waals surface area contributed by atoms with Crippen LogP contribution in [0.5, 0.6) is 11.5 Å². The monoisotopic (exact) mass is 519 g/mol. The Kier molecular flexibility index (Phi) is 6.31.